The van der Waals surface area contributed by atoms with Crippen molar-refractivity contribution in [3.63, 3.8) is 0 Å². The molecule has 4 heteroatoms. The molecule has 4 nitrogen and oxygen atoms in total. The molecule has 0 radical (unpaired) electrons. The first-order valence-electron chi connectivity index (χ1n) is 6.49. The highest BCUT2D eigenvalue weighted by molar-refractivity contribution is 5.75. The fourth-order valence-electron chi connectivity index (χ4n) is 2.28. The van der Waals surface area contributed by atoms with Gasteiger partial charge in [0, 0.05) is 6.61 Å². The lowest BCUT2D eigenvalue weighted by atomic mass is 9.80. The van der Waals surface area contributed by atoms with Crippen LogP contribution in [0.15, 0.2) is 0 Å². The van der Waals surface area contributed by atoms with Crippen molar-refractivity contribution in [3.8, 4) is 0 Å². The Morgan fingerprint density at radius 1 is 1.35 bits per heavy atom. The maximum atomic E-state index is 11.1. The zero-order valence-corrected chi connectivity index (χ0v) is 11.1. The second-order valence-electron chi connectivity index (χ2n) is 5.18. The van der Waals surface area contributed by atoms with E-state index >= 15 is 0 Å². The normalized spacial score (nSPS) is 30.9. The van der Waals surface area contributed by atoms with E-state index in [0.29, 0.717) is 19.1 Å². The molecule has 100 valence electrons. The van der Waals surface area contributed by atoms with Gasteiger partial charge in [-0.1, -0.05) is 13.8 Å². The smallest absolute Gasteiger partial charge is 0.322 e. The predicted molar refractivity (Wildman–Crippen MR) is 66.5 cm³/mol. The molecule has 0 bridgehead atoms. The summed E-state index contributed by atoms with van der Waals surface area (Å²) in [6, 6.07) is -0.556. The van der Waals surface area contributed by atoms with Crippen LogP contribution in [0.5, 0.6) is 0 Å². The van der Waals surface area contributed by atoms with Crippen molar-refractivity contribution < 1.29 is 14.3 Å². The van der Waals surface area contributed by atoms with Gasteiger partial charge in [0.2, 0.25) is 0 Å². The number of carbonyl (C=O) groups is 1. The molecular weight excluding hydrogens is 218 g/mol. The van der Waals surface area contributed by atoms with Gasteiger partial charge in [0.15, 0.2) is 0 Å². The molecule has 2 N–H and O–H groups in total. The van der Waals surface area contributed by atoms with Crippen LogP contribution in [0.25, 0.3) is 0 Å². The van der Waals surface area contributed by atoms with Crippen LogP contribution in [0.3, 0.4) is 0 Å². The summed E-state index contributed by atoms with van der Waals surface area (Å²) in [5.41, 5.74) is 5.64. The number of esters is 1. The minimum atomic E-state index is -0.556. The Bertz CT molecular complexity index is 245. The lowest BCUT2D eigenvalue weighted by Gasteiger charge is -2.32. The van der Waals surface area contributed by atoms with E-state index in [1.165, 1.54) is 13.5 Å². The standard InChI is InChI=1S/C13H25NO3/c1-9-4-5-11(8-10(9)2)17-7-6-12(14)13(15)16-3/h9-12H,4-8,14H2,1-3H3. The summed E-state index contributed by atoms with van der Waals surface area (Å²) in [5, 5.41) is 0. The summed E-state index contributed by atoms with van der Waals surface area (Å²) in [6.07, 6.45) is 4.35. The van der Waals surface area contributed by atoms with E-state index in [1.54, 1.807) is 0 Å². The number of ether oxygens (including phenoxy) is 2. The van der Waals surface area contributed by atoms with Gasteiger partial charge in [-0.3, -0.25) is 4.79 Å². The Kier molecular flexibility index (Phi) is 5.92. The fraction of sp³-hybridized carbons (Fsp3) is 0.923. The summed E-state index contributed by atoms with van der Waals surface area (Å²) in [4.78, 5) is 11.1. The van der Waals surface area contributed by atoms with Gasteiger partial charge in [-0.15, -0.1) is 0 Å². The molecule has 0 aromatic heterocycles. The van der Waals surface area contributed by atoms with Crippen LogP contribution < -0.4 is 5.73 Å². The molecule has 1 rings (SSSR count). The second kappa shape index (κ2) is 6.97. The van der Waals surface area contributed by atoms with E-state index in [0.717, 1.165) is 24.7 Å². The first kappa shape index (κ1) is 14.5. The van der Waals surface area contributed by atoms with Crippen LogP contribution in [-0.4, -0.2) is 31.8 Å². The maximum Gasteiger partial charge on any atom is 0.322 e. The number of hydrogen-bond acceptors (Lipinski definition) is 4. The summed E-state index contributed by atoms with van der Waals surface area (Å²) in [5.74, 6) is 1.16. The van der Waals surface area contributed by atoms with E-state index in [2.05, 4.69) is 18.6 Å². The van der Waals surface area contributed by atoms with E-state index in [-0.39, 0.29) is 5.97 Å². The van der Waals surface area contributed by atoms with Crippen molar-refractivity contribution in [1.82, 2.24) is 0 Å². The number of methoxy groups -OCH3 is 1. The van der Waals surface area contributed by atoms with Crippen molar-refractivity contribution in [1.29, 1.82) is 0 Å². The first-order chi connectivity index (χ1) is 8.04. The van der Waals surface area contributed by atoms with Gasteiger partial charge >= 0.3 is 5.97 Å². The molecule has 0 aromatic rings. The molecule has 0 amide bonds. The largest absolute Gasteiger partial charge is 0.468 e. The number of nitrogens with two attached hydrogens (primary N) is 1. The average Bonchev–Trinajstić information content (AvgIpc) is 2.32. The highest BCUT2D eigenvalue weighted by atomic mass is 16.5. The predicted octanol–water partition coefficient (Wildman–Crippen LogP) is 1.72. The van der Waals surface area contributed by atoms with Gasteiger partial charge in [-0.05, 0) is 37.5 Å². The molecule has 1 aliphatic carbocycles. The highest BCUT2D eigenvalue weighted by Crippen LogP contribution is 2.30. The third-order valence-corrected chi connectivity index (χ3v) is 3.84. The minimum absolute atomic E-state index is 0.339. The van der Waals surface area contributed by atoms with Crippen LogP contribution in [0.1, 0.15) is 39.5 Å². The maximum absolute atomic E-state index is 11.1. The Morgan fingerprint density at radius 2 is 2.06 bits per heavy atom. The van der Waals surface area contributed by atoms with Crippen molar-refractivity contribution >= 4 is 5.97 Å². The topological polar surface area (TPSA) is 61.5 Å². The average molecular weight is 243 g/mol. The SMILES string of the molecule is COC(=O)C(N)CCOC1CCC(C)C(C)C1. The van der Waals surface area contributed by atoms with E-state index in [9.17, 15) is 4.79 Å². The molecule has 17 heavy (non-hydrogen) atoms. The van der Waals surface area contributed by atoms with Gasteiger partial charge < -0.3 is 15.2 Å². The molecular formula is C13H25NO3. The Labute approximate surface area is 104 Å². The third-order valence-electron chi connectivity index (χ3n) is 3.84. The molecule has 4 atom stereocenters. The van der Waals surface area contributed by atoms with Crippen LogP contribution in [0, 0.1) is 11.8 Å². The molecule has 1 saturated carbocycles. The van der Waals surface area contributed by atoms with Crippen LogP contribution in [0.2, 0.25) is 0 Å². The number of rotatable bonds is 5. The monoisotopic (exact) mass is 243 g/mol. The number of carbonyl (C=O) groups excluding carboxylic acids is 1. The van der Waals surface area contributed by atoms with E-state index < -0.39 is 6.04 Å². The van der Waals surface area contributed by atoms with Gasteiger partial charge in [-0.25, -0.2) is 0 Å². The zero-order valence-electron chi connectivity index (χ0n) is 11.1. The van der Waals surface area contributed by atoms with E-state index in [1.807, 2.05) is 0 Å². The second-order valence-corrected chi connectivity index (χ2v) is 5.18. The summed E-state index contributed by atoms with van der Waals surface area (Å²) < 4.78 is 10.3. The molecule has 0 aliphatic heterocycles. The minimum Gasteiger partial charge on any atom is -0.468 e. The summed E-state index contributed by atoms with van der Waals surface area (Å²) in [6.45, 7) is 5.12. The molecule has 0 heterocycles. The third kappa shape index (κ3) is 4.64. The molecule has 1 aliphatic rings. The van der Waals surface area contributed by atoms with Crippen molar-refractivity contribution in [2.45, 2.75) is 51.7 Å². The van der Waals surface area contributed by atoms with Crippen LogP contribution >= 0.6 is 0 Å². The molecule has 4 unspecified atom stereocenters. The Hall–Kier alpha value is -0.610. The van der Waals surface area contributed by atoms with Crippen molar-refractivity contribution in [2.24, 2.45) is 17.6 Å². The highest BCUT2D eigenvalue weighted by Gasteiger charge is 2.25. The zero-order chi connectivity index (χ0) is 12.8. The van der Waals surface area contributed by atoms with E-state index in [4.69, 9.17) is 10.5 Å². The Balaban J connectivity index is 2.17. The van der Waals surface area contributed by atoms with Crippen molar-refractivity contribution in [3.05, 3.63) is 0 Å². The van der Waals surface area contributed by atoms with Gasteiger partial charge in [-0.2, -0.15) is 0 Å². The lowest BCUT2D eigenvalue weighted by molar-refractivity contribution is -0.142. The van der Waals surface area contributed by atoms with Gasteiger partial charge in [0.05, 0.1) is 13.2 Å². The molecule has 1 fully saturated rings. The number of hydrogen-bond donors (Lipinski definition) is 1. The quantitative estimate of drug-likeness (QED) is 0.747. The summed E-state index contributed by atoms with van der Waals surface area (Å²) >= 11 is 0. The Morgan fingerprint density at radius 3 is 2.65 bits per heavy atom. The molecule has 0 saturated heterocycles. The van der Waals surface area contributed by atoms with Crippen LogP contribution in [0.4, 0.5) is 0 Å². The fourth-order valence-corrected chi connectivity index (χ4v) is 2.28. The molecule has 0 aromatic carbocycles. The molecule has 0 spiro atoms. The van der Waals surface area contributed by atoms with Crippen molar-refractivity contribution in [2.75, 3.05) is 13.7 Å². The van der Waals surface area contributed by atoms with Gasteiger partial charge in [0.1, 0.15) is 6.04 Å². The van der Waals surface area contributed by atoms with Crippen LogP contribution in [-0.2, 0) is 14.3 Å². The first-order valence-corrected chi connectivity index (χ1v) is 6.49. The lowest BCUT2D eigenvalue weighted by Crippen LogP contribution is -2.34. The van der Waals surface area contributed by atoms with Gasteiger partial charge in [0.25, 0.3) is 0 Å². The summed E-state index contributed by atoms with van der Waals surface area (Å²) in [7, 11) is 1.35.